The second-order valence-electron chi connectivity index (χ2n) is 7.03. The van der Waals surface area contributed by atoms with E-state index in [9.17, 15) is 14.4 Å². The number of nitriles is 1. The number of likely N-dealkylation sites (tertiary alicyclic amines) is 1. The van der Waals surface area contributed by atoms with Crippen molar-refractivity contribution in [3.63, 3.8) is 0 Å². The van der Waals surface area contributed by atoms with Crippen LogP contribution in [0.3, 0.4) is 0 Å². The van der Waals surface area contributed by atoms with Crippen molar-refractivity contribution in [2.24, 2.45) is 0 Å². The average molecular weight is 457 g/mol. The van der Waals surface area contributed by atoms with Crippen LogP contribution in [0.5, 0.6) is 5.75 Å². The van der Waals surface area contributed by atoms with Gasteiger partial charge in [0.25, 0.3) is 5.56 Å². The zero-order valence-corrected chi connectivity index (χ0v) is 17.5. The van der Waals surface area contributed by atoms with E-state index >= 15 is 0 Å². The summed E-state index contributed by atoms with van der Waals surface area (Å²) in [4.78, 5) is 20.5. The lowest BCUT2D eigenvalue weighted by Crippen LogP contribution is -2.30. The van der Waals surface area contributed by atoms with Gasteiger partial charge in [0.1, 0.15) is 5.82 Å². The molecule has 2 aromatic carbocycles. The number of hydrogen-bond donors (Lipinski definition) is 0. The van der Waals surface area contributed by atoms with Gasteiger partial charge in [0, 0.05) is 10.5 Å². The second kappa shape index (κ2) is 7.58. The minimum Gasteiger partial charge on any atom is -0.494 e. The first-order chi connectivity index (χ1) is 13.9. The van der Waals surface area contributed by atoms with Crippen LogP contribution in [0.4, 0.5) is 4.39 Å². The summed E-state index contributed by atoms with van der Waals surface area (Å²) in [5.41, 5.74) is 0.875. The molecular weight excluding hydrogens is 439 g/mol. The number of methoxy groups -OCH3 is 1. The SMILES string of the molecule is COc1ccc(-n2c(C3CCCN3C)nc3c(Br)cc(C#N)cc3c2=O)cc1F. The molecule has 0 bridgehead atoms. The van der Waals surface area contributed by atoms with E-state index in [1.165, 1.54) is 29.9 Å². The van der Waals surface area contributed by atoms with Crippen LogP contribution in [0.2, 0.25) is 0 Å². The number of fused-ring (bicyclic) bond motifs is 1. The fraction of sp³-hybridized carbons (Fsp3) is 0.286. The third kappa shape index (κ3) is 3.30. The predicted octanol–water partition coefficient (Wildman–Crippen LogP) is 3.93. The van der Waals surface area contributed by atoms with Crippen molar-refractivity contribution in [1.29, 1.82) is 5.26 Å². The molecule has 1 saturated heterocycles. The molecule has 0 amide bonds. The predicted molar refractivity (Wildman–Crippen MR) is 111 cm³/mol. The molecule has 1 fully saturated rings. The van der Waals surface area contributed by atoms with E-state index < -0.39 is 5.82 Å². The van der Waals surface area contributed by atoms with Crippen LogP contribution in [-0.2, 0) is 0 Å². The van der Waals surface area contributed by atoms with Gasteiger partial charge in [-0.1, -0.05) is 0 Å². The highest BCUT2D eigenvalue weighted by atomic mass is 79.9. The standard InChI is InChI=1S/C21H18BrFN4O2/c1-26-7-3-4-17(26)20-25-19-14(8-12(11-24)9-15(19)22)21(28)27(20)13-5-6-18(29-2)16(23)10-13/h5-6,8-10,17H,3-4,7H2,1-2H3. The molecule has 0 aliphatic carbocycles. The molecule has 8 heteroatoms. The van der Waals surface area contributed by atoms with Crippen molar-refractivity contribution in [1.82, 2.24) is 14.5 Å². The molecule has 0 radical (unpaired) electrons. The van der Waals surface area contributed by atoms with Gasteiger partial charge in [0.15, 0.2) is 11.6 Å². The molecule has 1 unspecified atom stereocenters. The number of rotatable bonds is 3. The Morgan fingerprint density at radius 2 is 2.14 bits per heavy atom. The van der Waals surface area contributed by atoms with E-state index in [4.69, 9.17) is 9.72 Å². The van der Waals surface area contributed by atoms with Crippen molar-refractivity contribution in [2.75, 3.05) is 20.7 Å². The topological polar surface area (TPSA) is 71.2 Å². The van der Waals surface area contributed by atoms with Crippen molar-refractivity contribution >= 4 is 26.8 Å². The first-order valence-corrected chi connectivity index (χ1v) is 9.94. The Kier molecular flexibility index (Phi) is 5.11. The van der Waals surface area contributed by atoms with Crippen LogP contribution >= 0.6 is 15.9 Å². The minimum absolute atomic E-state index is 0.0696. The maximum Gasteiger partial charge on any atom is 0.266 e. The van der Waals surface area contributed by atoms with Gasteiger partial charge in [0.05, 0.1) is 41.4 Å². The zero-order valence-electron chi connectivity index (χ0n) is 15.9. The Labute approximate surface area is 175 Å². The molecule has 0 saturated carbocycles. The molecule has 1 atom stereocenters. The van der Waals surface area contributed by atoms with Gasteiger partial charge in [-0.15, -0.1) is 0 Å². The van der Waals surface area contributed by atoms with Crippen molar-refractivity contribution in [3.05, 3.63) is 62.4 Å². The van der Waals surface area contributed by atoms with Gasteiger partial charge in [-0.3, -0.25) is 14.3 Å². The quantitative estimate of drug-likeness (QED) is 0.596. The van der Waals surface area contributed by atoms with Crippen LogP contribution in [-0.4, -0.2) is 35.2 Å². The molecular formula is C21H18BrFN4O2. The van der Waals surface area contributed by atoms with E-state index in [1.807, 2.05) is 7.05 Å². The maximum atomic E-state index is 14.4. The lowest BCUT2D eigenvalue weighted by molar-refractivity contribution is 0.301. The zero-order chi connectivity index (χ0) is 20.7. The summed E-state index contributed by atoms with van der Waals surface area (Å²) >= 11 is 3.44. The molecule has 29 heavy (non-hydrogen) atoms. The van der Waals surface area contributed by atoms with Gasteiger partial charge in [-0.05, 0) is 66.6 Å². The molecule has 1 aromatic heterocycles. The van der Waals surface area contributed by atoms with E-state index in [0.717, 1.165) is 19.4 Å². The number of nitrogens with zero attached hydrogens (tertiary/aromatic N) is 4. The van der Waals surface area contributed by atoms with E-state index in [0.29, 0.717) is 32.5 Å². The van der Waals surface area contributed by atoms with Gasteiger partial charge in [0.2, 0.25) is 0 Å². The Hall–Kier alpha value is -2.76. The molecule has 0 spiro atoms. The molecule has 1 aliphatic rings. The second-order valence-corrected chi connectivity index (χ2v) is 7.89. The Bertz CT molecular complexity index is 1220. The Morgan fingerprint density at radius 1 is 1.34 bits per heavy atom. The summed E-state index contributed by atoms with van der Waals surface area (Å²) < 4.78 is 21.5. The fourth-order valence-electron chi connectivity index (χ4n) is 3.83. The lowest BCUT2D eigenvalue weighted by atomic mass is 10.1. The molecule has 6 nitrogen and oxygen atoms in total. The Balaban J connectivity index is 2.07. The minimum atomic E-state index is -0.560. The average Bonchev–Trinajstić information content (AvgIpc) is 3.13. The molecule has 148 valence electrons. The molecule has 4 rings (SSSR count). The smallest absolute Gasteiger partial charge is 0.266 e. The van der Waals surface area contributed by atoms with E-state index in [-0.39, 0.29) is 17.4 Å². The molecule has 3 aromatic rings. The maximum absolute atomic E-state index is 14.4. The van der Waals surface area contributed by atoms with Crippen molar-refractivity contribution in [3.8, 4) is 17.5 Å². The van der Waals surface area contributed by atoms with Crippen LogP contribution in [0.1, 0.15) is 30.3 Å². The highest BCUT2D eigenvalue weighted by molar-refractivity contribution is 9.10. The summed E-state index contributed by atoms with van der Waals surface area (Å²) in [6.45, 7) is 0.893. The van der Waals surface area contributed by atoms with Crippen LogP contribution in [0.25, 0.3) is 16.6 Å². The fourth-order valence-corrected chi connectivity index (χ4v) is 4.38. The number of benzene rings is 2. The van der Waals surface area contributed by atoms with Crippen LogP contribution < -0.4 is 10.3 Å². The van der Waals surface area contributed by atoms with Gasteiger partial charge in [-0.2, -0.15) is 5.26 Å². The van der Waals surface area contributed by atoms with Gasteiger partial charge >= 0.3 is 0 Å². The first kappa shape index (κ1) is 19.6. The highest BCUT2D eigenvalue weighted by Gasteiger charge is 2.29. The van der Waals surface area contributed by atoms with Crippen molar-refractivity contribution in [2.45, 2.75) is 18.9 Å². The number of ether oxygens (including phenoxy) is 1. The summed E-state index contributed by atoms with van der Waals surface area (Å²) in [5, 5.41) is 9.59. The lowest BCUT2D eigenvalue weighted by Gasteiger charge is -2.23. The summed E-state index contributed by atoms with van der Waals surface area (Å²) in [6, 6.07) is 9.56. The van der Waals surface area contributed by atoms with Gasteiger partial charge < -0.3 is 4.74 Å². The first-order valence-electron chi connectivity index (χ1n) is 9.15. The number of aromatic nitrogens is 2. The largest absolute Gasteiger partial charge is 0.494 e. The number of halogens is 2. The van der Waals surface area contributed by atoms with Crippen molar-refractivity contribution < 1.29 is 9.13 Å². The molecule has 2 heterocycles. The normalized spacial score (nSPS) is 16.9. The summed E-state index contributed by atoms with van der Waals surface area (Å²) in [5.74, 6) is 0.0942. The summed E-state index contributed by atoms with van der Waals surface area (Å²) in [6.07, 6.45) is 1.83. The molecule has 0 N–H and O–H groups in total. The monoisotopic (exact) mass is 456 g/mol. The van der Waals surface area contributed by atoms with E-state index in [2.05, 4.69) is 26.9 Å². The van der Waals surface area contributed by atoms with Gasteiger partial charge in [-0.25, -0.2) is 9.37 Å². The van der Waals surface area contributed by atoms with Crippen LogP contribution in [0, 0.1) is 17.1 Å². The van der Waals surface area contributed by atoms with Crippen LogP contribution in [0.15, 0.2) is 39.6 Å². The summed E-state index contributed by atoms with van der Waals surface area (Å²) in [7, 11) is 3.38. The third-order valence-electron chi connectivity index (χ3n) is 5.29. The highest BCUT2D eigenvalue weighted by Crippen LogP contribution is 2.33. The third-order valence-corrected chi connectivity index (χ3v) is 5.90. The number of hydrogen-bond acceptors (Lipinski definition) is 5. The Morgan fingerprint density at radius 3 is 2.76 bits per heavy atom. The molecule has 1 aliphatic heterocycles. The van der Waals surface area contributed by atoms with E-state index in [1.54, 1.807) is 12.1 Å².